The van der Waals surface area contributed by atoms with Gasteiger partial charge >= 0.3 is 0 Å². The van der Waals surface area contributed by atoms with Crippen LogP contribution in [0.1, 0.15) is 28.3 Å². The Balaban J connectivity index is 2.31. The van der Waals surface area contributed by atoms with Crippen LogP contribution in [0.4, 0.5) is 8.78 Å². The molecule has 1 N–H and O–H groups in total. The summed E-state index contributed by atoms with van der Waals surface area (Å²) >= 11 is 0. The molecule has 0 fully saturated rings. The van der Waals surface area contributed by atoms with E-state index in [0.717, 1.165) is 17.2 Å². The summed E-state index contributed by atoms with van der Waals surface area (Å²) in [5.41, 5.74) is 4.01. The van der Waals surface area contributed by atoms with Crippen LogP contribution in [-0.4, -0.2) is 7.05 Å². The van der Waals surface area contributed by atoms with Gasteiger partial charge < -0.3 is 5.32 Å². The Morgan fingerprint density at radius 1 is 1.05 bits per heavy atom. The molecule has 2 aromatic rings. The van der Waals surface area contributed by atoms with E-state index in [2.05, 4.69) is 23.5 Å². The van der Waals surface area contributed by atoms with Gasteiger partial charge in [-0.05, 0) is 50.1 Å². The monoisotopic (exact) mass is 275 g/mol. The second kappa shape index (κ2) is 6.14. The van der Waals surface area contributed by atoms with E-state index in [1.807, 2.05) is 20.9 Å². The van der Waals surface area contributed by atoms with Crippen LogP contribution in [0.5, 0.6) is 0 Å². The lowest BCUT2D eigenvalue weighted by Crippen LogP contribution is -2.20. The summed E-state index contributed by atoms with van der Waals surface area (Å²) < 4.78 is 26.7. The number of likely N-dealkylation sites (N-methyl/N-ethyl adjacent to an activating group) is 1. The topological polar surface area (TPSA) is 12.0 Å². The van der Waals surface area contributed by atoms with Crippen LogP contribution >= 0.6 is 0 Å². The maximum Gasteiger partial charge on any atom is 0.129 e. The number of rotatable bonds is 4. The lowest BCUT2D eigenvalue weighted by Gasteiger charge is -2.20. The minimum Gasteiger partial charge on any atom is -0.313 e. The third kappa shape index (κ3) is 3.23. The van der Waals surface area contributed by atoms with Gasteiger partial charge in [0.2, 0.25) is 0 Å². The second-order valence-electron chi connectivity index (χ2n) is 5.14. The van der Waals surface area contributed by atoms with E-state index in [4.69, 9.17) is 0 Å². The normalized spacial score (nSPS) is 12.4. The summed E-state index contributed by atoms with van der Waals surface area (Å²) in [5.74, 6) is -1.03. The molecule has 1 nitrogen and oxygen atoms in total. The van der Waals surface area contributed by atoms with Gasteiger partial charge in [-0.15, -0.1) is 0 Å². The number of hydrogen-bond acceptors (Lipinski definition) is 1. The Morgan fingerprint density at radius 2 is 1.80 bits per heavy atom. The summed E-state index contributed by atoms with van der Waals surface area (Å²) in [4.78, 5) is 0. The fourth-order valence-electron chi connectivity index (χ4n) is 2.41. The number of aryl methyl sites for hydroxylation is 2. The van der Waals surface area contributed by atoms with E-state index in [-0.39, 0.29) is 6.04 Å². The molecular formula is C17H19F2N. The number of benzene rings is 2. The average molecular weight is 275 g/mol. The van der Waals surface area contributed by atoms with Crippen molar-refractivity contribution in [2.24, 2.45) is 0 Å². The Morgan fingerprint density at radius 3 is 2.45 bits per heavy atom. The van der Waals surface area contributed by atoms with E-state index < -0.39 is 11.6 Å². The van der Waals surface area contributed by atoms with Crippen molar-refractivity contribution in [1.82, 2.24) is 5.32 Å². The smallest absolute Gasteiger partial charge is 0.129 e. The minimum absolute atomic E-state index is 0.00913. The van der Waals surface area contributed by atoms with Crippen LogP contribution in [0.25, 0.3) is 0 Å². The Labute approximate surface area is 118 Å². The first kappa shape index (κ1) is 14.7. The molecule has 0 aliphatic rings. The molecule has 0 bridgehead atoms. The van der Waals surface area contributed by atoms with Crippen molar-refractivity contribution in [3.63, 3.8) is 0 Å². The molecule has 0 heterocycles. The van der Waals surface area contributed by atoms with Gasteiger partial charge in [-0.2, -0.15) is 0 Å². The average Bonchev–Trinajstić information content (AvgIpc) is 2.41. The molecule has 106 valence electrons. The molecule has 0 saturated heterocycles. The molecule has 2 rings (SSSR count). The zero-order valence-corrected chi connectivity index (χ0v) is 12.0. The number of nitrogens with one attached hydrogen (secondary N) is 1. The maximum absolute atomic E-state index is 13.8. The first-order valence-electron chi connectivity index (χ1n) is 6.69. The molecule has 0 aliphatic carbocycles. The Bertz CT molecular complexity index is 608. The number of halogens is 2. The van der Waals surface area contributed by atoms with Gasteiger partial charge in [0.25, 0.3) is 0 Å². The highest BCUT2D eigenvalue weighted by Crippen LogP contribution is 2.24. The van der Waals surface area contributed by atoms with Crippen molar-refractivity contribution < 1.29 is 8.78 Å². The van der Waals surface area contributed by atoms with Gasteiger partial charge in [0, 0.05) is 12.1 Å². The summed E-state index contributed by atoms with van der Waals surface area (Å²) in [6.45, 7) is 4.08. The molecule has 2 aromatic carbocycles. The summed E-state index contributed by atoms with van der Waals surface area (Å²) in [6.07, 6.45) is 0.493. The van der Waals surface area contributed by atoms with E-state index in [0.29, 0.717) is 12.0 Å². The third-order valence-electron chi connectivity index (χ3n) is 3.60. The van der Waals surface area contributed by atoms with Gasteiger partial charge in [-0.1, -0.05) is 29.8 Å². The lowest BCUT2D eigenvalue weighted by atomic mass is 9.94. The van der Waals surface area contributed by atoms with Crippen molar-refractivity contribution in [1.29, 1.82) is 0 Å². The SMILES string of the molecule is CNC(Cc1ccc(F)cc1F)c1cc(C)ccc1C. The first-order chi connectivity index (χ1) is 9.51. The van der Waals surface area contributed by atoms with Crippen LogP contribution in [0.2, 0.25) is 0 Å². The molecule has 0 aliphatic heterocycles. The highest BCUT2D eigenvalue weighted by atomic mass is 19.1. The van der Waals surface area contributed by atoms with Gasteiger partial charge in [0.1, 0.15) is 11.6 Å². The van der Waals surface area contributed by atoms with E-state index >= 15 is 0 Å². The van der Waals surface area contributed by atoms with Gasteiger partial charge in [0.05, 0.1) is 0 Å². The van der Waals surface area contributed by atoms with Gasteiger partial charge in [-0.3, -0.25) is 0 Å². The molecule has 0 spiro atoms. The largest absolute Gasteiger partial charge is 0.313 e. The molecular weight excluding hydrogens is 256 g/mol. The van der Waals surface area contributed by atoms with Gasteiger partial charge in [-0.25, -0.2) is 8.78 Å². The summed E-state index contributed by atoms with van der Waals surface area (Å²) in [5, 5.41) is 3.22. The zero-order valence-electron chi connectivity index (χ0n) is 12.0. The molecule has 0 saturated carbocycles. The molecule has 0 aromatic heterocycles. The summed E-state index contributed by atoms with van der Waals surface area (Å²) in [6, 6.07) is 9.99. The molecule has 20 heavy (non-hydrogen) atoms. The van der Waals surface area contributed by atoms with Crippen LogP contribution < -0.4 is 5.32 Å². The molecule has 0 radical (unpaired) electrons. The number of hydrogen-bond donors (Lipinski definition) is 1. The van der Waals surface area contributed by atoms with E-state index in [9.17, 15) is 8.78 Å². The van der Waals surface area contributed by atoms with Crippen LogP contribution in [0.15, 0.2) is 36.4 Å². The predicted molar refractivity (Wildman–Crippen MR) is 77.8 cm³/mol. The molecule has 0 amide bonds. The van der Waals surface area contributed by atoms with Crippen LogP contribution in [0.3, 0.4) is 0 Å². The van der Waals surface area contributed by atoms with Crippen molar-refractivity contribution in [3.8, 4) is 0 Å². The zero-order chi connectivity index (χ0) is 14.7. The van der Waals surface area contributed by atoms with Crippen molar-refractivity contribution in [2.45, 2.75) is 26.3 Å². The minimum atomic E-state index is -0.543. The summed E-state index contributed by atoms with van der Waals surface area (Å²) in [7, 11) is 1.86. The highest BCUT2D eigenvalue weighted by molar-refractivity contribution is 5.34. The Hall–Kier alpha value is -1.74. The Kier molecular flexibility index (Phi) is 4.50. The molecule has 1 atom stereocenters. The van der Waals surface area contributed by atoms with Crippen LogP contribution in [-0.2, 0) is 6.42 Å². The quantitative estimate of drug-likeness (QED) is 0.886. The van der Waals surface area contributed by atoms with Crippen molar-refractivity contribution in [3.05, 3.63) is 70.3 Å². The maximum atomic E-state index is 13.8. The predicted octanol–water partition coefficient (Wildman–Crippen LogP) is 4.08. The standard InChI is InChI=1S/C17H19F2N/c1-11-4-5-12(2)15(8-11)17(20-3)9-13-6-7-14(18)10-16(13)19/h4-8,10,17,20H,9H2,1-3H3. The highest BCUT2D eigenvalue weighted by Gasteiger charge is 2.15. The fourth-order valence-corrected chi connectivity index (χ4v) is 2.41. The van der Waals surface area contributed by atoms with Crippen LogP contribution in [0, 0.1) is 25.5 Å². The third-order valence-corrected chi connectivity index (χ3v) is 3.60. The van der Waals surface area contributed by atoms with Crippen molar-refractivity contribution >= 4 is 0 Å². The van der Waals surface area contributed by atoms with E-state index in [1.54, 1.807) is 0 Å². The lowest BCUT2D eigenvalue weighted by molar-refractivity contribution is 0.539. The fraction of sp³-hybridized carbons (Fsp3) is 0.294. The first-order valence-corrected chi connectivity index (χ1v) is 6.69. The van der Waals surface area contributed by atoms with E-state index in [1.165, 1.54) is 17.7 Å². The molecule has 1 unspecified atom stereocenters. The second-order valence-corrected chi connectivity index (χ2v) is 5.14. The molecule has 3 heteroatoms. The van der Waals surface area contributed by atoms with Crippen molar-refractivity contribution in [2.75, 3.05) is 7.05 Å². The van der Waals surface area contributed by atoms with Gasteiger partial charge in [0.15, 0.2) is 0 Å².